The van der Waals surface area contributed by atoms with Crippen LogP contribution in [-0.4, -0.2) is 18.5 Å². The van der Waals surface area contributed by atoms with Gasteiger partial charge in [-0.2, -0.15) is 5.10 Å². The summed E-state index contributed by atoms with van der Waals surface area (Å²) in [6, 6.07) is 0. The van der Waals surface area contributed by atoms with Gasteiger partial charge in [0.1, 0.15) is 6.10 Å². The van der Waals surface area contributed by atoms with Gasteiger partial charge in [0.05, 0.1) is 6.21 Å². The molecule has 4 heteroatoms. The topological polar surface area (TPSA) is 42.9 Å². The SMILES string of the molecule is C1=NNC2CC1OO2. The van der Waals surface area contributed by atoms with Crippen LogP contribution in [0.25, 0.3) is 0 Å². The molecule has 0 spiro atoms. The van der Waals surface area contributed by atoms with Gasteiger partial charge in [-0.1, -0.05) is 0 Å². The van der Waals surface area contributed by atoms with Crippen LogP contribution in [-0.2, 0) is 9.78 Å². The minimum atomic E-state index is -0.00926. The highest BCUT2D eigenvalue weighted by Crippen LogP contribution is 2.15. The van der Waals surface area contributed by atoms with Gasteiger partial charge in [-0.05, 0) is 0 Å². The molecule has 44 valence electrons. The Balaban J connectivity index is 2.17. The fraction of sp³-hybridized carbons (Fsp3) is 0.750. The third-order valence-electron chi connectivity index (χ3n) is 1.20. The van der Waals surface area contributed by atoms with Crippen LogP contribution < -0.4 is 5.43 Å². The molecule has 1 saturated heterocycles. The molecular weight excluding hydrogens is 108 g/mol. The Morgan fingerprint density at radius 3 is 3.38 bits per heavy atom. The number of hydrazone groups is 1. The van der Waals surface area contributed by atoms with Crippen molar-refractivity contribution in [2.75, 3.05) is 0 Å². The van der Waals surface area contributed by atoms with Crippen molar-refractivity contribution in [3.05, 3.63) is 0 Å². The Morgan fingerprint density at radius 1 is 1.62 bits per heavy atom. The van der Waals surface area contributed by atoms with E-state index in [1.165, 1.54) is 0 Å². The molecule has 1 N–H and O–H groups in total. The van der Waals surface area contributed by atoms with Gasteiger partial charge >= 0.3 is 0 Å². The maximum atomic E-state index is 4.77. The standard InChI is InChI=1S/C4H6N2O2/c1-3-2-5-6-4(1)8-7-3/h2-4,6H,1H2. The van der Waals surface area contributed by atoms with Crippen molar-refractivity contribution < 1.29 is 9.78 Å². The summed E-state index contributed by atoms with van der Waals surface area (Å²) in [5.74, 6) is 0. The molecule has 2 aliphatic rings. The molecule has 0 saturated carbocycles. The maximum Gasteiger partial charge on any atom is 0.180 e. The number of hydrogen-bond acceptors (Lipinski definition) is 4. The van der Waals surface area contributed by atoms with E-state index in [1.807, 2.05) is 0 Å². The minimum absolute atomic E-state index is 0.00926. The second-order valence-electron chi connectivity index (χ2n) is 1.86. The molecule has 2 unspecified atom stereocenters. The van der Waals surface area contributed by atoms with Crippen LogP contribution in [0.2, 0.25) is 0 Å². The fourth-order valence-electron chi connectivity index (χ4n) is 0.797. The largest absolute Gasteiger partial charge is 0.279 e. The normalized spacial score (nSPS) is 42.0. The molecule has 0 aliphatic carbocycles. The van der Waals surface area contributed by atoms with Gasteiger partial charge in [-0.15, -0.1) is 0 Å². The van der Waals surface area contributed by atoms with E-state index < -0.39 is 0 Å². The van der Waals surface area contributed by atoms with Crippen LogP contribution in [0.4, 0.5) is 0 Å². The fourth-order valence-corrected chi connectivity index (χ4v) is 0.797. The molecule has 2 heterocycles. The molecule has 0 aromatic carbocycles. The Hall–Kier alpha value is -0.610. The molecule has 2 bridgehead atoms. The van der Waals surface area contributed by atoms with E-state index in [9.17, 15) is 0 Å². The van der Waals surface area contributed by atoms with Crippen molar-refractivity contribution >= 4 is 6.21 Å². The van der Waals surface area contributed by atoms with Gasteiger partial charge in [-0.3, -0.25) is 5.43 Å². The van der Waals surface area contributed by atoms with Gasteiger partial charge in [0, 0.05) is 6.42 Å². The summed E-state index contributed by atoms with van der Waals surface area (Å²) in [5.41, 5.74) is 2.73. The number of nitrogens with zero attached hydrogens (tertiary/aromatic N) is 1. The van der Waals surface area contributed by atoms with E-state index in [4.69, 9.17) is 9.78 Å². The lowest BCUT2D eigenvalue weighted by Gasteiger charge is -2.06. The zero-order valence-corrected chi connectivity index (χ0v) is 4.20. The predicted molar refractivity (Wildman–Crippen MR) is 26.0 cm³/mol. The Morgan fingerprint density at radius 2 is 2.62 bits per heavy atom. The average molecular weight is 114 g/mol. The zero-order chi connectivity index (χ0) is 5.40. The van der Waals surface area contributed by atoms with Gasteiger partial charge in [0.2, 0.25) is 0 Å². The van der Waals surface area contributed by atoms with E-state index >= 15 is 0 Å². The molecule has 2 rings (SSSR count). The number of nitrogens with one attached hydrogen (secondary N) is 1. The van der Waals surface area contributed by atoms with E-state index in [-0.39, 0.29) is 12.3 Å². The first-order valence-electron chi connectivity index (χ1n) is 2.56. The van der Waals surface area contributed by atoms with Crippen molar-refractivity contribution in [1.29, 1.82) is 0 Å². The van der Waals surface area contributed by atoms with Crippen LogP contribution in [0.5, 0.6) is 0 Å². The van der Waals surface area contributed by atoms with Crippen LogP contribution in [0.3, 0.4) is 0 Å². The molecule has 0 amide bonds. The highest BCUT2D eigenvalue weighted by Gasteiger charge is 2.28. The first-order chi connectivity index (χ1) is 3.95. The van der Waals surface area contributed by atoms with Gasteiger partial charge in [-0.25, -0.2) is 9.78 Å². The summed E-state index contributed by atoms with van der Waals surface area (Å²) < 4.78 is 0. The van der Waals surface area contributed by atoms with Gasteiger partial charge in [0.15, 0.2) is 6.23 Å². The smallest absolute Gasteiger partial charge is 0.180 e. The van der Waals surface area contributed by atoms with Crippen molar-refractivity contribution in [2.45, 2.75) is 18.8 Å². The molecular formula is C4H6N2O2. The van der Waals surface area contributed by atoms with E-state index in [0.717, 1.165) is 6.42 Å². The lowest BCUT2D eigenvalue weighted by molar-refractivity contribution is -0.286. The maximum absolute atomic E-state index is 4.77. The van der Waals surface area contributed by atoms with E-state index in [0.29, 0.717) is 0 Å². The molecule has 0 aromatic rings. The molecule has 1 fully saturated rings. The second-order valence-corrected chi connectivity index (χ2v) is 1.86. The van der Waals surface area contributed by atoms with Crippen molar-refractivity contribution in [2.24, 2.45) is 5.10 Å². The van der Waals surface area contributed by atoms with Crippen molar-refractivity contribution in [3.63, 3.8) is 0 Å². The first-order valence-corrected chi connectivity index (χ1v) is 2.56. The summed E-state index contributed by atoms with van der Waals surface area (Å²) >= 11 is 0. The Kier molecular flexibility index (Phi) is 0.767. The van der Waals surface area contributed by atoms with Gasteiger partial charge in [0.25, 0.3) is 0 Å². The first kappa shape index (κ1) is 4.29. The molecule has 8 heavy (non-hydrogen) atoms. The minimum Gasteiger partial charge on any atom is -0.279 e. The number of rotatable bonds is 0. The Bertz CT molecular complexity index is 125. The molecule has 4 nitrogen and oxygen atoms in total. The van der Waals surface area contributed by atoms with Crippen LogP contribution in [0.1, 0.15) is 6.42 Å². The third-order valence-corrected chi connectivity index (χ3v) is 1.20. The predicted octanol–water partition coefficient (Wildman–Crippen LogP) is -0.378. The monoisotopic (exact) mass is 114 g/mol. The molecule has 0 aromatic heterocycles. The quantitative estimate of drug-likeness (QED) is 0.436. The average Bonchev–Trinajstić information content (AvgIpc) is 2.12. The van der Waals surface area contributed by atoms with Crippen LogP contribution in [0, 0.1) is 0 Å². The lowest BCUT2D eigenvalue weighted by Crippen LogP contribution is -2.27. The summed E-state index contributed by atoms with van der Waals surface area (Å²) in [6.07, 6.45) is 2.65. The summed E-state index contributed by atoms with van der Waals surface area (Å²) in [4.78, 5) is 9.51. The molecule has 0 radical (unpaired) electrons. The van der Waals surface area contributed by atoms with Crippen LogP contribution in [0.15, 0.2) is 5.10 Å². The second kappa shape index (κ2) is 1.43. The summed E-state index contributed by atoms with van der Waals surface area (Å²) in [7, 11) is 0. The highest BCUT2D eigenvalue weighted by molar-refractivity contribution is 5.63. The highest BCUT2D eigenvalue weighted by atomic mass is 17.2. The summed E-state index contributed by atoms with van der Waals surface area (Å²) in [5, 5.41) is 3.78. The summed E-state index contributed by atoms with van der Waals surface area (Å²) in [6.45, 7) is 0. The Labute approximate surface area is 46.4 Å². The lowest BCUT2D eigenvalue weighted by atomic mass is 10.2. The van der Waals surface area contributed by atoms with E-state index in [1.54, 1.807) is 6.21 Å². The number of hydrogen-bond donors (Lipinski definition) is 1. The molecule has 2 atom stereocenters. The number of fused-ring (bicyclic) bond motifs is 2. The van der Waals surface area contributed by atoms with Crippen molar-refractivity contribution in [1.82, 2.24) is 5.43 Å². The third kappa shape index (κ3) is 0.502. The zero-order valence-electron chi connectivity index (χ0n) is 4.20. The molecule has 2 aliphatic heterocycles. The van der Waals surface area contributed by atoms with Gasteiger partial charge < -0.3 is 0 Å². The van der Waals surface area contributed by atoms with Crippen LogP contribution >= 0.6 is 0 Å². The van der Waals surface area contributed by atoms with Crippen molar-refractivity contribution in [3.8, 4) is 0 Å². The van der Waals surface area contributed by atoms with E-state index in [2.05, 4.69) is 10.5 Å².